The summed E-state index contributed by atoms with van der Waals surface area (Å²) in [5.41, 5.74) is -4.53. The first-order valence-corrected chi connectivity index (χ1v) is 15.2. The van der Waals surface area contributed by atoms with Crippen molar-refractivity contribution in [3.63, 3.8) is 0 Å². The Morgan fingerprint density at radius 3 is 2.21 bits per heavy atom. The molecule has 4 N–H and O–H groups in total. The van der Waals surface area contributed by atoms with E-state index in [1.807, 2.05) is 13.8 Å². The zero-order valence-electron chi connectivity index (χ0n) is 24.5. The highest BCUT2D eigenvalue weighted by atomic mass is 16.6. The van der Waals surface area contributed by atoms with Crippen LogP contribution in [0.25, 0.3) is 0 Å². The number of Topliss-reactive ketones (excluding diaryl/α,β-unsaturated/α-hetero) is 1. The molecule has 0 spiro atoms. The molecule has 0 aromatic rings. The van der Waals surface area contributed by atoms with Crippen molar-refractivity contribution >= 4 is 11.8 Å². The topological polar surface area (TPSA) is 124 Å². The molecule has 8 atom stereocenters. The van der Waals surface area contributed by atoms with Crippen molar-refractivity contribution in [1.82, 2.24) is 0 Å². The fourth-order valence-electron chi connectivity index (χ4n) is 8.49. The van der Waals surface area contributed by atoms with Gasteiger partial charge in [-0.15, -0.1) is 0 Å². The molecule has 2 saturated carbocycles. The predicted octanol–water partition coefficient (Wildman–Crippen LogP) is 4.40. The smallest absolute Gasteiger partial charge is 0.306 e. The van der Waals surface area contributed by atoms with E-state index in [1.165, 1.54) is 38.5 Å². The summed E-state index contributed by atoms with van der Waals surface area (Å²) in [7, 11) is 0. The van der Waals surface area contributed by atoms with Gasteiger partial charge in [0.1, 0.15) is 11.2 Å². The summed E-state index contributed by atoms with van der Waals surface area (Å²) in [6.07, 6.45) is 12.7. The van der Waals surface area contributed by atoms with Gasteiger partial charge in [-0.1, -0.05) is 91.2 Å². The second-order valence-corrected chi connectivity index (χ2v) is 13.4. The Labute approximate surface area is 233 Å². The molecule has 4 aliphatic rings. The molecular formula is C32H50O7. The highest BCUT2D eigenvalue weighted by molar-refractivity contribution is 6.04. The third-order valence-corrected chi connectivity index (χ3v) is 10.8. The number of unbranched alkanes of at least 4 members (excludes halogenated alkanes) is 8. The summed E-state index contributed by atoms with van der Waals surface area (Å²) >= 11 is 0. The number of ether oxygens (including phenoxy) is 1. The van der Waals surface area contributed by atoms with Crippen LogP contribution in [-0.2, 0) is 14.3 Å². The van der Waals surface area contributed by atoms with Gasteiger partial charge in [0.05, 0.1) is 18.3 Å². The first kappa shape index (κ1) is 30.4. The van der Waals surface area contributed by atoms with E-state index < -0.39 is 57.8 Å². The Balaban J connectivity index is 1.50. The second-order valence-electron chi connectivity index (χ2n) is 13.4. The molecule has 39 heavy (non-hydrogen) atoms. The average molecular weight is 547 g/mol. The van der Waals surface area contributed by atoms with E-state index >= 15 is 0 Å². The van der Waals surface area contributed by atoms with Gasteiger partial charge in [-0.05, 0) is 24.5 Å². The molecule has 0 aromatic heterocycles. The lowest BCUT2D eigenvalue weighted by molar-refractivity contribution is -0.219. The molecule has 0 unspecified atom stereocenters. The summed E-state index contributed by atoms with van der Waals surface area (Å²) in [5, 5.41) is 45.8. The lowest BCUT2D eigenvalue weighted by atomic mass is 9.59. The minimum absolute atomic E-state index is 0.0823. The fraction of sp³-hybridized carbons (Fsp3) is 0.812. The maximum atomic E-state index is 13.1. The van der Waals surface area contributed by atoms with Crippen molar-refractivity contribution in [3.8, 4) is 0 Å². The van der Waals surface area contributed by atoms with E-state index in [2.05, 4.69) is 6.92 Å². The largest absolute Gasteiger partial charge is 0.455 e. The molecule has 0 radical (unpaired) electrons. The number of hydrogen-bond donors (Lipinski definition) is 4. The number of aliphatic hydroxyl groups is 4. The number of carbonyl (C=O) groups excluding carboxylic acids is 2. The van der Waals surface area contributed by atoms with E-state index in [4.69, 9.17) is 4.74 Å². The summed E-state index contributed by atoms with van der Waals surface area (Å²) in [6.45, 7) is 9.07. The van der Waals surface area contributed by atoms with E-state index in [9.17, 15) is 30.0 Å². The van der Waals surface area contributed by atoms with Gasteiger partial charge in [0.2, 0.25) is 0 Å². The summed E-state index contributed by atoms with van der Waals surface area (Å²) < 4.78 is 6.17. The molecule has 0 heterocycles. The van der Waals surface area contributed by atoms with Gasteiger partial charge in [0, 0.05) is 41.9 Å². The number of fused-ring (bicyclic) bond motifs is 5. The average Bonchev–Trinajstić information content (AvgIpc) is 3.32. The molecule has 4 aliphatic carbocycles. The Kier molecular flexibility index (Phi) is 8.61. The van der Waals surface area contributed by atoms with Crippen molar-refractivity contribution in [1.29, 1.82) is 0 Å². The minimum Gasteiger partial charge on any atom is -0.455 e. The van der Waals surface area contributed by atoms with Crippen LogP contribution < -0.4 is 0 Å². The quantitative estimate of drug-likeness (QED) is 0.162. The maximum Gasteiger partial charge on any atom is 0.306 e. The molecule has 4 rings (SSSR count). The molecule has 0 aliphatic heterocycles. The Morgan fingerprint density at radius 2 is 1.62 bits per heavy atom. The van der Waals surface area contributed by atoms with Gasteiger partial charge in [0.25, 0.3) is 0 Å². The highest BCUT2D eigenvalue weighted by Gasteiger charge is 2.86. The van der Waals surface area contributed by atoms with E-state index in [-0.39, 0.29) is 25.4 Å². The van der Waals surface area contributed by atoms with Crippen molar-refractivity contribution in [2.75, 3.05) is 6.61 Å². The van der Waals surface area contributed by atoms with Crippen LogP contribution in [0.3, 0.4) is 0 Å². The third kappa shape index (κ3) is 4.65. The van der Waals surface area contributed by atoms with Crippen LogP contribution in [0.5, 0.6) is 0 Å². The SMILES string of the molecule is CCCCCCCCCCCC(=O)O[C@@]12[C@H](O)[C@@H](C)[C@@]3(O)[C@@H](C=C(CO)C[C@]4(O)C(=O)C(C)=C[C@@H]34)[C@@H]1C2(C)C. The van der Waals surface area contributed by atoms with Gasteiger partial charge in [-0.2, -0.15) is 0 Å². The molecule has 0 saturated heterocycles. The number of carbonyl (C=O) groups is 2. The van der Waals surface area contributed by atoms with Gasteiger partial charge < -0.3 is 25.2 Å². The summed E-state index contributed by atoms with van der Waals surface area (Å²) in [5.74, 6) is -3.60. The van der Waals surface area contributed by atoms with Gasteiger partial charge in [0.15, 0.2) is 5.78 Å². The standard InChI is InChI=1S/C32H50O7/c1-6-7-8-9-10-11-12-13-14-15-25(34)39-32-26(29(32,4)5)23-17-22(19-33)18-30(37)24(16-20(2)27(30)35)31(23,38)21(3)28(32)36/h16-17,21,23-24,26,28,33,36-38H,6-15,18-19H2,1-5H3/t21-,23+,24-,26-,28-,30-,31-,32-/m1/s1. The molecule has 2 fully saturated rings. The minimum atomic E-state index is -1.89. The van der Waals surface area contributed by atoms with Crippen molar-refractivity contribution in [2.45, 2.75) is 128 Å². The predicted molar refractivity (Wildman–Crippen MR) is 149 cm³/mol. The number of rotatable bonds is 12. The molecule has 0 aromatic carbocycles. The van der Waals surface area contributed by atoms with E-state index in [0.29, 0.717) is 11.1 Å². The highest BCUT2D eigenvalue weighted by Crippen LogP contribution is 2.76. The summed E-state index contributed by atoms with van der Waals surface area (Å²) in [4.78, 5) is 26.2. The maximum absolute atomic E-state index is 13.1. The zero-order chi connectivity index (χ0) is 28.8. The van der Waals surface area contributed by atoms with E-state index in [0.717, 1.165) is 19.3 Å². The van der Waals surface area contributed by atoms with Crippen molar-refractivity contribution in [3.05, 3.63) is 23.3 Å². The molecule has 0 bridgehead atoms. The van der Waals surface area contributed by atoms with Crippen LogP contribution in [0.1, 0.15) is 105 Å². The third-order valence-electron chi connectivity index (χ3n) is 10.8. The van der Waals surface area contributed by atoms with Crippen molar-refractivity contribution in [2.24, 2.45) is 29.1 Å². The number of ketones is 1. The lowest BCUT2D eigenvalue weighted by Crippen LogP contribution is -2.65. The fourth-order valence-corrected chi connectivity index (χ4v) is 8.49. The normalized spacial score (nSPS) is 40.1. The molecule has 7 nitrogen and oxygen atoms in total. The zero-order valence-corrected chi connectivity index (χ0v) is 24.5. The van der Waals surface area contributed by atoms with Crippen LogP contribution in [0.2, 0.25) is 0 Å². The number of aliphatic hydroxyl groups excluding tert-OH is 2. The Bertz CT molecular complexity index is 1010. The van der Waals surface area contributed by atoms with Gasteiger partial charge in [-0.3, -0.25) is 9.59 Å². The summed E-state index contributed by atoms with van der Waals surface area (Å²) in [6, 6.07) is 0. The first-order valence-electron chi connectivity index (χ1n) is 15.2. The van der Waals surface area contributed by atoms with Crippen LogP contribution in [-0.4, -0.2) is 61.7 Å². The molecular weight excluding hydrogens is 496 g/mol. The van der Waals surface area contributed by atoms with Crippen LogP contribution in [0.4, 0.5) is 0 Å². The molecule has 7 heteroatoms. The van der Waals surface area contributed by atoms with E-state index in [1.54, 1.807) is 26.0 Å². The van der Waals surface area contributed by atoms with Gasteiger partial charge >= 0.3 is 5.97 Å². The number of esters is 1. The number of hydrogen-bond acceptors (Lipinski definition) is 7. The van der Waals surface area contributed by atoms with Crippen LogP contribution >= 0.6 is 0 Å². The van der Waals surface area contributed by atoms with Crippen molar-refractivity contribution < 1.29 is 34.8 Å². The second kappa shape index (κ2) is 11.0. The molecule has 0 amide bonds. The lowest BCUT2D eigenvalue weighted by Gasteiger charge is -2.52. The van der Waals surface area contributed by atoms with Crippen LogP contribution in [0, 0.1) is 29.1 Å². The van der Waals surface area contributed by atoms with Crippen LogP contribution in [0.15, 0.2) is 23.3 Å². The van der Waals surface area contributed by atoms with Gasteiger partial charge in [-0.25, -0.2) is 0 Å². The molecule has 220 valence electrons. The monoisotopic (exact) mass is 546 g/mol. The first-order chi connectivity index (χ1) is 18.3. The Morgan fingerprint density at radius 1 is 1.03 bits per heavy atom. The Hall–Kier alpha value is -1.54.